The van der Waals surface area contributed by atoms with Crippen molar-refractivity contribution in [2.45, 2.75) is 32.6 Å². The molecule has 0 fully saturated rings. The van der Waals surface area contributed by atoms with Crippen LogP contribution >= 0.6 is 7.82 Å². The zero-order chi connectivity index (χ0) is 22.9. The van der Waals surface area contributed by atoms with E-state index in [9.17, 15) is 0 Å². The van der Waals surface area contributed by atoms with Crippen molar-refractivity contribution in [1.82, 2.24) is 0 Å². The first-order valence-electron chi connectivity index (χ1n) is 8.88. The highest BCUT2D eigenvalue weighted by Crippen LogP contribution is 2.27. The molecule has 0 bridgehead atoms. The molecule has 2 aromatic carbocycles. The van der Waals surface area contributed by atoms with Gasteiger partial charge in [0.1, 0.15) is 5.75 Å². The van der Waals surface area contributed by atoms with Crippen LogP contribution in [0.5, 0.6) is 5.75 Å². The third kappa shape index (κ3) is 18.9. The molecule has 0 amide bonds. The fraction of sp³-hybridized carbons (Fsp3) is 0.273. The van der Waals surface area contributed by atoms with Gasteiger partial charge in [-0.15, -0.1) is 6.58 Å². The molecule has 0 saturated carbocycles. The molecule has 0 radical (unpaired) electrons. The third-order valence-corrected chi connectivity index (χ3v) is 3.70. The molecular weight excluding hydrogens is 391 g/mol. The summed E-state index contributed by atoms with van der Waals surface area (Å²) in [4.78, 5) is 21.6. The molecule has 2 rings (SSSR count). The molecule has 2 aromatic rings. The van der Waals surface area contributed by atoms with Gasteiger partial charge in [0.05, 0.1) is 6.61 Å². The molecule has 0 saturated heterocycles. The number of benzene rings is 2. The zero-order valence-corrected chi connectivity index (χ0v) is 18.2. The number of phenols is 1. The molecule has 5 N–H and O–H groups in total. The van der Waals surface area contributed by atoms with Gasteiger partial charge in [-0.3, -0.25) is 0 Å². The Morgan fingerprint density at radius 2 is 1.38 bits per heavy atom. The number of phosphoric acid groups is 1. The molecule has 7 heteroatoms. The molecule has 6 nitrogen and oxygen atoms in total. The predicted molar refractivity (Wildman–Crippen MR) is 120 cm³/mol. The smallest absolute Gasteiger partial charge is 0.466 e. The minimum Gasteiger partial charge on any atom is -0.508 e. The van der Waals surface area contributed by atoms with Crippen LogP contribution < -0.4 is 0 Å². The summed E-state index contributed by atoms with van der Waals surface area (Å²) in [5.74, 6) is 0.339. The SMILES string of the molecule is C=CCO.C=Cc1ccccc1.CCC(C)(C)c1ccc(O)cc1.O=P(O)(O)O. The lowest BCUT2D eigenvalue weighted by atomic mass is 9.82. The van der Waals surface area contributed by atoms with Crippen LogP contribution in [0.1, 0.15) is 38.3 Å². The molecule has 162 valence electrons. The first kappa shape index (κ1) is 29.0. The van der Waals surface area contributed by atoms with Crippen LogP contribution in [0, 0.1) is 0 Å². The Morgan fingerprint density at radius 3 is 1.66 bits per heavy atom. The van der Waals surface area contributed by atoms with Crippen LogP contribution in [0.3, 0.4) is 0 Å². The second-order valence-electron chi connectivity index (χ2n) is 6.38. The Kier molecular flexibility index (Phi) is 15.7. The largest absolute Gasteiger partial charge is 0.508 e. The average molecular weight is 424 g/mol. The number of aromatic hydroxyl groups is 1. The lowest BCUT2D eigenvalue weighted by Gasteiger charge is -2.22. The topological polar surface area (TPSA) is 118 Å². The third-order valence-electron chi connectivity index (χ3n) is 3.70. The highest BCUT2D eigenvalue weighted by atomic mass is 31.2. The highest BCUT2D eigenvalue weighted by molar-refractivity contribution is 7.45. The van der Waals surface area contributed by atoms with Crippen molar-refractivity contribution >= 4 is 13.9 Å². The van der Waals surface area contributed by atoms with Gasteiger partial charge in [0.2, 0.25) is 0 Å². The van der Waals surface area contributed by atoms with Crippen molar-refractivity contribution in [2.75, 3.05) is 6.61 Å². The number of aliphatic hydroxyl groups is 1. The second-order valence-corrected chi connectivity index (χ2v) is 7.41. The van der Waals surface area contributed by atoms with Crippen molar-refractivity contribution in [2.24, 2.45) is 0 Å². The Hall–Kier alpha value is -2.21. The average Bonchev–Trinajstić information content (AvgIpc) is 2.68. The van der Waals surface area contributed by atoms with Crippen molar-refractivity contribution in [1.29, 1.82) is 0 Å². The van der Waals surface area contributed by atoms with Gasteiger partial charge in [-0.1, -0.05) is 82.0 Å². The summed E-state index contributed by atoms with van der Waals surface area (Å²) in [5, 5.41) is 16.9. The maximum absolute atomic E-state index is 9.10. The van der Waals surface area contributed by atoms with Crippen molar-refractivity contribution in [3.05, 3.63) is 85.0 Å². The number of hydrogen-bond donors (Lipinski definition) is 5. The van der Waals surface area contributed by atoms with Crippen molar-refractivity contribution < 1.29 is 29.5 Å². The van der Waals surface area contributed by atoms with E-state index in [1.807, 2.05) is 48.5 Å². The summed E-state index contributed by atoms with van der Waals surface area (Å²) < 4.78 is 8.88. The summed E-state index contributed by atoms with van der Waals surface area (Å²) in [6, 6.07) is 17.5. The molecule has 0 aliphatic heterocycles. The molecule has 0 heterocycles. The molecule has 0 unspecified atom stereocenters. The van der Waals surface area contributed by atoms with Gasteiger partial charge in [-0.05, 0) is 35.1 Å². The van der Waals surface area contributed by atoms with Crippen molar-refractivity contribution in [3.8, 4) is 5.75 Å². The zero-order valence-electron chi connectivity index (χ0n) is 17.3. The summed E-state index contributed by atoms with van der Waals surface area (Å²) in [6.45, 7) is 13.5. The summed E-state index contributed by atoms with van der Waals surface area (Å²) in [6.07, 6.45) is 4.37. The summed E-state index contributed by atoms with van der Waals surface area (Å²) in [7, 11) is -4.64. The van der Waals surface area contributed by atoms with E-state index in [1.165, 1.54) is 17.2 Å². The lowest BCUT2D eigenvalue weighted by molar-refractivity contribution is 0.275. The van der Waals surface area contributed by atoms with Crippen LogP contribution in [0.25, 0.3) is 6.08 Å². The minimum atomic E-state index is -4.64. The monoisotopic (exact) mass is 424 g/mol. The van der Waals surface area contributed by atoms with E-state index >= 15 is 0 Å². The van der Waals surface area contributed by atoms with Gasteiger partial charge < -0.3 is 24.9 Å². The number of phenolic OH excluding ortho intramolecular Hbond substituents is 1. The lowest BCUT2D eigenvalue weighted by Crippen LogP contribution is -2.14. The van der Waals surface area contributed by atoms with E-state index in [2.05, 4.69) is 33.9 Å². The molecule has 29 heavy (non-hydrogen) atoms. The van der Waals surface area contributed by atoms with E-state index in [0.29, 0.717) is 5.75 Å². The van der Waals surface area contributed by atoms with Crippen LogP contribution in [0.15, 0.2) is 73.8 Å². The number of hydrogen-bond acceptors (Lipinski definition) is 3. The Labute approximate surface area is 173 Å². The summed E-state index contributed by atoms with van der Waals surface area (Å²) >= 11 is 0. The van der Waals surface area contributed by atoms with Gasteiger partial charge >= 0.3 is 7.82 Å². The first-order valence-corrected chi connectivity index (χ1v) is 10.4. The normalized spacial score (nSPS) is 10.0. The number of rotatable bonds is 4. The van der Waals surface area contributed by atoms with E-state index in [0.717, 1.165) is 6.42 Å². The number of aliphatic hydroxyl groups excluding tert-OH is 1. The summed E-state index contributed by atoms with van der Waals surface area (Å²) in [5.41, 5.74) is 2.67. The quantitative estimate of drug-likeness (QED) is 0.360. The molecule has 0 aliphatic rings. The van der Waals surface area contributed by atoms with E-state index in [-0.39, 0.29) is 12.0 Å². The molecule has 0 spiro atoms. The van der Waals surface area contributed by atoms with Gasteiger partial charge in [-0.2, -0.15) is 0 Å². The van der Waals surface area contributed by atoms with Gasteiger partial charge in [0.25, 0.3) is 0 Å². The van der Waals surface area contributed by atoms with Crippen LogP contribution in [0.4, 0.5) is 0 Å². The minimum absolute atomic E-state index is 0.0833. The maximum Gasteiger partial charge on any atom is 0.466 e. The Morgan fingerprint density at radius 1 is 0.966 bits per heavy atom. The van der Waals surface area contributed by atoms with E-state index in [4.69, 9.17) is 29.5 Å². The Balaban J connectivity index is 0. The maximum atomic E-state index is 9.10. The first-order chi connectivity index (χ1) is 13.4. The fourth-order valence-corrected chi connectivity index (χ4v) is 1.71. The van der Waals surface area contributed by atoms with Crippen LogP contribution in [0.2, 0.25) is 0 Å². The second kappa shape index (κ2) is 15.7. The van der Waals surface area contributed by atoms with Crippen molar-refractivity contribution in [3.63, 3.8) is 0 Å². The van der Waals surface area contributed by atoms with Gasteiger partial charge in [0, 0.05) is 0 Å². The van der Waals surface area contributed by atoms with Crippen LogP contribution in [-0.2, 0) is 9.98 Å². The molecule has 0 atom stereocenters. The van der Waals surface area contributed by atoms with Gasteiger partial charge in [0.15, 0.2) is 0 Å². The Bertz CT molecular complexity index is 712. The highest BCUT2D eigenvalue weighted by Gasteiger charge is 2.17. The molecular formula is C22H33O6P. The van der Waals surface area contributed by atoms with E-state index < -0.39 is 7.82 Å². The fourth-order valence-electron chi connectivity index (χ4n) is 1.71. The van der Waals surface area contributed by atoms with Crippen LogP contribution in [-0.4, -0.2) is 31.5 Å². The predicted octanol–water partition coefficient (Wildman–Crippen LogP) is 4.65. The molecule has 0 aromatic heterocycles. The van der Waals surface area contributed by atoms with Gasteiger partial charge in [-0.25, -0.2) is 4.57 Å². The molecule has 0 aliphatic carbocycles. The van der Waals surface area contributed by atoms with E-state index in [1.54, 1.807) is 12.1 Å². The standard InChI is InChI=1S/C11H16O.C8H8.C3H6O.H3O4P/c1-4-11(2,3)9-5-7-10(12)8-6-9;1-2-8-6-4-3-5-7-8;1-2-3-4;1-5(2,3)4/h5-8,12H,4H2,1-3H3;2-7H,1H2;2,4H,1,3H2;(H3,1,2,3,4).